The molecule has 4 nitrogen and oxygen atoms in total. The number of ether oxygens (including phenoxy) is 1. The molecule has 30 heavy (non-hydrogen) atoms. The number of nitrogens with zero attached hydrogens (tertiary/aromatic N) is 2. The maximum Gasteiger partial charge on any atom is 0.263 e. The van der Waals surface area contributed by atoms with Gasteiger partial charge in [-0.05, 0) is 62.6 Å². The monoisotopic (exact) mass is 398 g/mol. The first-order chi connectivity index (χ1) is 14.6. The zero-order valence-electron chi connectivity index (χ0n) is 17.5. The SMILES string of the molecule is Cc1cc(/C=C2/C(=O)N(c3ccccc3)c3ccccc32)c(C)n1C[C@H]1CCCO1. The molecule has 0 aliphatic carbocycles. The molecule has 0 bridgehead atoms. The minimum absolute atomic E-state index is 0.0197. The van der Waals surface area contributed by atoms with Gasteiger partial charge in [-0.2, -0.15) is 0 Å². The topological polar surface area (TPSA) is 34.5 Å². The number of amides is 1. The minimum Gasteiger partial charge on any atom is -0.376 e. The molecule has 2 aliphatic heterocycles. The third-order valence-electron chi connectivity index (χ3n) is 6.21. The van der Waals surface area contributed by atoms with E-state index in [2.05, 4.69) is 30.6 Å². The fourth-order valence-corrected chi connectivity index (χ4v) is 4.62. The summed E-state index contributed by atoms with van der Waals surface area (Å²) in [5.74, 6) is 0.0197. The van der Waals surface area contributed by atoms with Gasteiger partial charge >= 0.3 is 0 Å². The van der Waals surface area contributed by atoms with E-state index < -0.39 is 0 Å². The highest BCUT2D eigenvalue weighted by Crippen LogP contribution is 2.42. The number of aromatic nitrogens is 1. The van der Waals surface area contributed by atoms with Crippen molar-refractivity contribution in [2.45, 2.75) is 39.3 Å². The van der Waals surface area contributed by atoms with Crippen molar-refractivity contribution in [1.82, 2.24) is 4.57 Å². The van der Waals surface area contributed by atoms with Gasteiger partial charge in [-0.15, -0.1) is 0 Å². The Morgan fingerprint density at radius 2 is 1.83 bits per heavy atom. The zero-order chi connectivity index (χ0) is 20.7. The van der Waals surface area contributed by atoms with Crippen molar-refractivity contribution in [3.63, 3.8) is 0 Å². The van der Waals surface area contributed by atoms with Crippen molar-refractivity contribution in [3.8, 4) is 0 Å². The molecule has 152 valence electrons. The Bertz CT molecular complexity index is 1120. The molecule has 0 radical (unpaired) electrons. The van der Waals surface area contributed by atoms with Gasteiger partial charge in [-0.1, -0.05) is 36.4 Å². The molecule has 4 heteroatoms. The van der Waals surface area contributed by atoms with Gasteiger partial charge in [-0.25, -0.2) is 0 Å². The second-order valence-electron chi connectivity index (χ2n) is 8.12. The highest BCUT2D eigenvalue weighted by atomic mass is 16.5. The van der Waals surface area contributed by atoms with Crippen molar-refractivity contribution in [2.75, 3.05) is 11.5 Å². The largest absolute Gasteiger partial charge is 0.376 e. The lowest BCUT2D eigenvalue weighted by molar-refractivity contribution is -0.112. The number of carbonyl (C=O) groups is 1. The van der Waals surface area contributed by atoms with Gasteiger partial charge in [-0.3, -0.25) is 9.69 Å². The average molecular weight is 399 g/mol. The summed E-state index contributed by atoms with van der Waals surface area (Å²) in [6.07, 6.45) is 4.60. The van der Waals surface area contributed by atoms with Crippen LogP contribution < -0.4 is 4.90 Å². The first-order valence-corrected chi connectivity index (χ1v) is 10.6. The van der Waals surface area contributed by atoms with Gasteiger partial charge in [0.05, 0.1) is 17.4 Å². The number of benzene rings is 2. The molecular formula is C26H26N2O2. The third-order valence-corrected chi connectivity index (χ3v) is 6.21. The normalized spacial score (nSPS) is 19.7. The second kappa shape index (κ2) is 7.62. The predicted octanol–water partition coefficient (Wildman–Crippen LogP) is 5.50. The number of rotatable bonds is 4. The van der Waals surface area contributed by atoms with Gasteiger partial charge in [0.1, 0.15) is 0 Å². The van der Waals surface area contributed by atoms with Crippen LogP contribution in [0, 0.1) is 13.8 Å². The lowest BCUT2D eigenvalue weighted by atomic mass is 10.0. The maximum atomic E-state index is 13.5. The maximum absolute atomic E-state index is 13.5. The molecular weight excluding hydrogens is 372 g/mol. The summed E-state index contributed by atoms with van der Waals surface area (Å²) in [5.41, 5.74) is 7.03. The quantitative estimate of drug-likeness (QED) is 0.544. The summed E-state index contributed by atoms with van der Waals surface area (Å²) in [7, 11) is 0. The van der Waals surface area contributed by atoms with Crippen molar-refractivity contribution in [3.05, 3.63) is 83.2 Å². The highest BCUT2D eigenvalue weighted by Gasteiger charge is 2.33. The Balaban J connectivity index is 1.55. The number of hydrogen-bond donors (Lipinski definition) is 0. The molecule has 0 unspecified atom stereocenters. The Hall–Kier alpha value is -3.11. The molecule has 2 aromatic carbocycles. The van der Waals surface area contributed by atoms with E-state index in [0.717, 1.165) is 54.1 Å². The van der Waals surface area contributed by atoms with Gasteiger partial charge < -0.3 is 9.30 Å². The summed E-state index contributed by atoms with van der Waals surface area (Å²) >= 11 is 0. The van der Waals surface area contributed by atoms with Crippen LogP contribution in [0.1, 0.15) is 35.4 Å². The molecule has 0 N–H and O–H groups in total. The molecule has 2 aliphatic rings. The number of para-hydroxylation sites is 2. The Labute approximate surface area is 177 Å². The molecule has 3 aromatic rings. The minimum atomic E-state index is 0.0197. The predicted molar refractivity (Wildman–Crippen MR) is 121 cm³/mol. The number of aryl methyl sites for hydroxylation is 1. The smallest absolute Gasteiger partial charge is 0.263 e. The molecule has 0 spiro atoms. The highest BCUT2D eigenvalue weighted by molar-refractivity contribution is 6.38. The van der Waals surface area contributed by atoms with Crippen LogP contribution in [0.15, 0.2) is 60.7 Å². The molecule has 5 rings (SSSR count). The van der Waals surface area contributed by atoms with Gasteiger partial charge in [0.25, 0.3) is 5.91 Å². The molecule has 1 aromatic heterocycles. The fraction of sp³-hybridized carbons (Fsp3) is 0.269. The summed E-state index contributed by atoms with van der Waals surface area (Å²) < 4.78 is 8.16. The summed E-state index contributed by atoms with van der Waals surface area (Å²) in [5, 5.41) is 0. The number of hydrogen-bond acceptors (Lipinski definition) is 2. The van der Waals surface area contributed by atoms with Crippen LogP contribution in [-0.2, 0) is 16.1 Å². The fourth-order valence-electron chi connectivity index (χ4n) is 4.62. The molecule has 1 amide bonds. The summed E-state index contributed by atoms with van der Waals surface area (Å²) in [4.78, 5) is 15.3. The van der Waals surface area contributed by atoms with E-state index in [4.69, 9.17) is 4.74 Å². The first kappa shape index (κ1) is 18.9. The zero-order valence-corrected chi connectivity index (χ0v) is 17.5. The van der Waals surface area contributed by atoms with Crippen LogP contribution in [0.2, 0.25) is 0 Å². The standard InChI is InChI=1S/C26H26N2O2/c1-18-15-20(19(2)27(18)17-22-11-8-14-30-22)16-24-23-12-6-7-13-25(23)28(26(24)29)21-9-4-3-5-10-21/h3-7,9-10,12-13,15-16,22H,8,11,14,17H2,1-2H3/b24-16+/t22-/m1/s1. The van der Waals surface area contributed by atoms with Crippen LogP contribution in [-0.4, -0.2) is 23.2 Å². The molecule has 1 atom stereocenters. The van der Waals surface area contributed by atoms with E-state index in [1.165, 1.54) is 11.4 Å². The van der Waals surface area contributed by atoms with E-state index in [-0.39, 0.29) is 12.0 Å². The van der Waals surface area contributed by atoms with Crippen LogP contribution >= 0.6 is 0 Å². The van der Waals surface area contributed by atoms with Crippen LogP contribution in [0.3, 0.4) is 0 Å². The second-order valence-corrected chi connectivity index (χ2v) is 8.12. The van der Waals surface area contributed by atoms with E-state index in [1.807, 2.05) is 59.5 Å². The van der Waals surface area contributed by atoms with Crippen molar-refractivity contribution < 1.29 is 9.53 Å². The van der Waals surface area contributed by atoms with E-state index >= 15 is 0 Å². The van der Waals surface area contributed by atoms with Crippen LogP contribution in [0.5, 0.6) is 0 Å². The van der Waals surface area contributed by atoms with Crippen molar-refractivity contribution >= 4 is 28.9 Å². The molecule has 0 saturated carbocycles. The average Bonchev–Trinajstić information content (AvgIpc) is 3.44. The van der Waals surface area contributed by atoms with E-state index in [1.54, 1.807) is 0 Å². The number of fused-ring (bicyclic) bond motifs is 1. The Kier molecular flexibility index (Phi) is 4.80. The van der Waals surface area contributed by atoms with E-state index in [0.29, 0.717) is 0 Å². The third kappa shape index (κ3) is 3.17. The number of anilines is 2. The Morgan fingerprint density at radius 1 is 1.07 bits per heavy atom. The van der Waals surface area contributed by atoms with Gasteiger partial charge in [0.2, 0.25) is 0 Å². The Morgan fingerprint density at radius 3 is 2.60 bits per heavy atom. The molecule has 1 fully saturated rings. The molecule has 1 saturated heterocycles. The summed E-state index contributed by atoms with van der Waals surface area (Å²) in [6, 6.07) is 20.1. The molecule has 3 heterocycles. The first-order valence-electron chi connectivity index (χ1n) is 10.6. The van der Waals surface area contributed by atoms with Crippen molar-refractivity contribution in [1.29, 1.82) is 0 Å². The van der Waals surface area contributed by atoms with Gasteiger partial charge in [0, 0.05) is 35.8 Å². The van der Waals surface area contributed by atoms with Gasteiger partial charge in [0.15, 0.2) is 0 Å². The van der Waals surface area contributed by atoms with Crippen LogP contribution in [0.4, 0.5) is 11.4 Å². The lowest BCUT2D eigenvalue weighted by Gasteiger charge is -2.16. The summed E-state index contributed by atoms with van der Waals surface area (Å²) in [6.45, 7) is 6.00. The lowest BCUT2D eigenvalue weighted by Crippen LogP contribution is -2.20. The van der Waals surface area contributed by atoms with Crippen molar-refractivity contribution in [2.24, 2.45) is 0 Å². The van der Waals surface area contributed by atoms with Crippen LogP contribution in [0.25, 0.3) is 11.6 Å². The van der Waals surface area contributed by atoms with E-state index in [9.17, 15) is 4.79 Å². The number of carbonyl (C=O) groups excluding carboxylic acids is 1.